The summed E-state index contributed by atoms with van der Waals surface area (Å²) in [6.07, 6.45) is 5.10. The zero-order valence-electron chi connectivity index (χ0n) is 20.7. The number of alkyl halides is 3. The van der Waals surface area contributed by atoms with E-state index in [1.165, 1.54) is 40.9 Å². The standard InChI is InChI=1S/C27H25F3N4O5.Na.H/c28-27(29,30)39-24-12-7-20(8-13-24)9-14-25-32-22(18-38-25)17-37-23-10-5-19(6-11-23)3-1-2-4-21-15-31-34(33-21)16-26(35)36;;/h5-15,18H,1-4,16-17H2,(H,35,36);;. The van der Waals surface area contributed by atoms with Crippen LogP contribution in [0.2, 0.25) is 0 Å². The van der Waals surface area contributed by atoms with Crippen LogP contribution in [0, 0.1) is 0 Å². The van der Waals surface area contributed by atoms with Gasteiger partial charge in [0.2, 0.25) is 5.89 Å². The normalized spacial score (nSPS) is 11.4. The van der Waals surface area contributed by atoms with Gasteiger partial charge in [-0.15, -0.1) is 13.2 Å². The van der Waals surface area contributed by atoms with Crippen LogP contribution in [0.3, 0.4) is 0 Å². The van der Waals surface area contributed by atoms with Gasteiger partial charge in [-0.1, -0.05) is 24.3 Å². The molecule has 0 unspecified atom stereocenters. The molecule has 4 rings (SSSR count). The van der Waals surface area contributed by atoms with Gasteiger partial charge >= 0.3 is 41.9 Å². The Hall–Kier alpha value is -3.61. The van der Waals surface area contributed by atoms with E-state index in [1.807, 2.05) is 24.3 Å². The fourth-order valence-electron chi connectivity index (χ4n) is 3.60. The van der Waals surface area contributed by atoms with E-state index in [2.05, 4.69) is 19.9 Å². The van der Waals surface area contributed by atoms with Crippen LogP contribution in [0.15, 0.2) is 65.4 Å². The van der Waals surface area contributed by atoms with Crippen molar-refractivity contribution in [1.29, 1.82) is 0 Å². The second-order valence-electron chi connectivity index (χ2n) is 8.53. The maximum absolute atomic E-state index is 12.3. The molecule has 0 aliphatic carbocycles. The molecular formula is C27H26F3N4NaO5. The number of aromatic nitrogens is 4. The number of ether oxygens (including phenoxy) is 2. The second-order valence-corrected chi connectivity index (χ2v) is 8.53. The van der Waals surface area contributed by atoms with Crippen molar-refractivity contribution >= 4 is 47.7 Å². The zero-order chi connectivity index (χ0) is 27.7. The van der Waals surface area contributed by atoms with Crippen LogP contribution in [0.1, 0.15) is 41.2 Å². The molecule has 2 aromatic heterocycles. The molecule has 2 heterocycles. The quantitative estimate of drug-likeness (QED) is 0.179. The first kappa shape index (κ1) is 30.9. The first-order valence-corrected chi connectivity index (χ1v) is 12.0. The Morgan fingerprint density at radius 3 is 2.38 bits per heavy atom. The molecule has 9 nitrogen and oxygen atoms in total. The van der Waals surface area contributed by atoms with Crippen LogP contribution in [-0.2, 0) is 30.8 Å². The van der Waals surface area contributed by atoms with Crippen molar-refractivity contribution < 1.29 is 37.0 Å². The van der Waals surface area contributed by atoms with Gasteiger partial charge in [0.15, 0.2) is 6.54 Å². The molecule has 0 fully saturated rings. The average molecular weight is 567 g/mol. The Kier molecular flexibility index (Phi) is 11.4. The van der Waals surface area contributed by atoms with Gasteiger partial charge < -0.3 is 19.0 Å². The average Bonchev–Trinajstić information content (AvgIpc) is 3.54. The number of carboxylic acid groups (broad SMARTS) is 1. The Labute approximate surface area is 249 Å². The van der Waals surface area contributed by atoms with Crippen LogP contribution in [0.25, 0.3) is 12.2 Å². The third-order valence-electron chi connectivity index (χ3n) is 5.42. The maximum atomic E-state index is 12.3. The molecule has 0 atom stereocenters. The van der Waals surface area contributed by atoms with Crippen LogP contribution < -0.4 is 9.47 Å². The van der Waals surface area contributed by atoms with Gasteiger partial charge in [-0.2, -0.15) is 15.0 Å². The first-order valence-electron chi connectivity index (χ1n) is 12.0. The number of aryl methyl sites for hydroxylation is 2. The second kappa shape index (κ2) is 14.7. The zero-order valence-corrected chi connectivity index (χ0v) is 20.7. The number of halogens is 3. The minimum atomic E-state index is -4.73. The molecule has 1 N–H and O–H groups in total. The van der Waals surface area contributed by atoms with E-state index in [9.17, 15) is 18.0 Å². The molecule has 4 aromatic rings. The molecule has 0 amide bonds. The molecule has 0 spiro atoms. The molecule has 0 aliphatic heterocycles. The van der Waals surface area contributed by atoms with E-state index < -0.39 is 12.3 Å². The number of benzene rings is 2. The van der Waals surface area contributed by atoms with E-state index in [1.54, 1.807) is 18.3 Å². The molecule has 0 aliphatic rings. The van der Waals surface area contributed by atoms with Crippen molar-refractivity contribution in [2.24, 2.45) is 0 Å². The number of unbranched alkanes of at least 4 members (excludes halogenated alkanes) is 1. The summed E-state index contributed by atoms with van der Waals surface area (Å²) >= 11 is 0. The minimum absolute atomic E-state index is 0. The number of nitrogens with zero attached hydrogens (tertiary/aromatic N) is 4. The first-order chi connectivity index (χ1) is 18.7. The van der Waals surface area contributed by atoms with Crippen LogP contribution >= 0.6 is 0 Å². The molecular weight excluding hydrogens is 540 g/mol. The molecule has 40 heavy (non-hydrogen) atoms. The topological polar surface area (TPSA) is 112 Å². The number of rotatable bonds is 13. The summed E-state index contributed by atoms with van der Waals surface area (Å²) in [6.45, 7) is -0.0310. The van der Waals surface area contributed by atoms with Crippen LogP contribution in [0.4, 0.5) is 13.2 Å². The third kappa shape index (κ3) is 10.5. The summed E-state index contributed by atoms with van der Waals surface area (Å²) < 4.78 is 51.8. The van der Waals surface area contributed by atoms with Gasteiger partial charge in [0, 0.05) is 6.08 Å². The van der Waals surface area contributed by atoms with Crippen molar-refractivity contribution in [3.05, 3.63) is 89.4 Å². The monoisotopic (exact) mass is 566 g/mol. The third-order valence-corrected chi connectivity index (χ3v) is 5.42. The number of hydrogen-bond acceptors (Lipinski definition) is 7. The molecule has 2 aromatic carbocycles. The predicted molar refractivity (Wildman–Crippen MR) is 141 cm³/mol. The molecule has 0 radical (unpaired) electrons. The number of aliphatic carboxylic acids is 1. The summed E-state index contributed by atoms with van der Waals surface area (Å²) in [6, 6.07) is 13.2. The van der Waals surface area contributed by atoms with E-state index in [-0.39, 0.29) is 48.5 Å². The van der Waals surface area contributed by atoms with Gasteiger partial charge in [-0.05, 0) is 67.2 Å². The molecule has 0 saturated carbocycles. The summed E-state index contributed by atoms with van der Waals surface area (Å²) in [7, 11) is 0. The van der Waals surface area contributed by atoms with Crippen molar-refractivity contribution in [2.75, 3.05) is 0 Å². The molecule has 0 bridgehead atoms. The van der Waals surface area contributed by atoms with E-state index in [0.29, 0.717) is 22.9 Å². The van der Waals surface area contributed by atoms with Crippen molar-refractivity contribution in [1.82, 2.24) is 20.0 Å². The van der Waals surface area contributed by atoms with Crippen LogP contribution in [0.5, 0.6) is 11.5 Å². The Morgan fingerprint density at radius 2 is 1.68 bits per heavy atom. The molecule has 206 valence electrons. The number of carboxylic acids is 1. The number of carbonyl (C=O) groups is 1. The summed E-state index contributed by atoms with van der Waals surface area (Å²) in [5.74, 6) is -0.240. The fourth-order valence-corrected chi connectivity index (χ4v) is 3.60. The Balaban J connectivity index is 0.00000441. The molecule has 0 saturated heterocycles. The Bertz CT molecular complexity index is 1390. The van der Waals surface area contributed by atoms with E-state index in [0.717, 1.165) is 31.4 Å². The van der Waals surface area contributed by atoms with E-state index >= 15 is 0 Å². The fraction of sp³-hybridized carbons (Fsp3) is 0.259. The van der Waals surface area contributed by atoms with Gasteiger partial charge in [0.1, 0.15) is 30.1 Å². The van der Waals surface area contributed by atoms with Gasteiger partial charge in [-0.3, -0.25) is 4.79 Å². The predicted octanol–water partition coefficient (Wildman–Crippen LogP) is 4.92. The van der Waals surface area contributed by atoms with Gasteiger partial charge in [0.25, 0.3) is 0 Å². The SMILES string of the molecule is O=C(O)Cn1ncc(CCCCc2ccc(OCc3coc(C=Cc4ccc(OC(F)(F)F)cc4)n3)cc2)n1.[NaH]. The van der Waals surface area contributed by atoms with Crippen molar-refractivity contribution in [3.63, 3.8) is 0 Å². The number of hydrogen-bond donors (Lipinski definition) is 1. The summed E-state index contributed by atoms with van der Waals surface area (Å²) in [5.41, 5.74) is 3.20. The van der Waals surface area contributed by atoms with Gasteiger partial charge in [-0.25, -0.2) is 4.98 Å². The molecule has 13 heteroatoms. The summed E-state index contributed by atoms with van der Waals surface area (Å²) in [4.78, 5) is 16.2. The summed E-state index contributed by atoms with van der Waals surface area (Å²) in [5, 5.41) is 16.9. The van der Waals surface area contributed by atoms with Crippen LogP contribution in [-0.4, -0.2) is 67.0 Å². The van der Waals surface area contributed by atoms with Crippen molar-refractivity contribution in [3.8, 4) is 11.5 Å². The van der Waals surface area contributed by atoms with Gasteiger partial charge in [0.05, 0.1) is 11.9 Å². The van der Waals surface area contributed by atoms with Crippen molar-refractivity contribution in [2.45, 2.75) is 45.2 Å². The Morgan fingerprint density at radius 1 is 0.975 bits per heavy atom. The van der Waals surface area contributed by atoms with E-state index in [4.69, 9.17) is 14.3 Å². The number of oxazole rings is 1.